The maximum absolute atomic E-state index is 12.6. The number of carbonyl (C=O) groups is 1. The lowest BCUT2D eigenvalue weighted by Gasteiger charge is -2.36. The number of benzene rings is 1. The second-order valence-electron chi connectivity index (χ2n) is 7.66. The third kappa shape index (κ3) is 5.25. The van der Waals surface area contributed by atoms with Gasteiger partial charge < -0.3 is 14.5 Å². The summed E-state index contributed by atoms with van der Waals surface area (Å²) in [5, 5.41) is 0. The zero-order valence-electron chi connectivity index (χ0n) is 18.1. The van der Waals surface area contributed by atoms with Crippen molar-refractivity contribution in [3.8, 4) is 5.75 Å². The molecule has 1 fully saturated rings. The number of amides is 1. The Morgan fingerprint density at radius 1 is 1.10 bits per heavy atom. The van der Waals surface area contributed by atoms with Crippen molar-refractivity contribution in [1.82, 2.24) is 14.9 Å². The molecule has 6 nitrogen and oxygen atoms in total. The summed E-state index contributed by atoms with van der Waals surface area (Å²) in [6.07, 6.45) is 4.00. The van der Waals surface area contributed by atoms with Gasteiger partial charge in [-0.15, -0.1) is 0 Å². The Bertz CT molecular complexity index is 845. The molecule has 156 valence electrons. The lowest BCUT2D eigenvalue weighted by Crippen LogP contribution is -2.49. The molecule has 1 aliphatic heterocycles. The summed E-state index contributed by atoms with van der Waals surface area (Å²) in [7, 11) is 0. The van der Waals surface area contributed by atoms with Crippen molar-refractivity contribution in [3.63, 3.8) is 0 Å². The van der Waals surface area contributed by atoms with Crippen LogP contribution in [-0.4, -0.2) is 53.6 Å². The van der Waals surface area contributed by atoms with Crippen molar-refractivity contribution in [2.24, 2.45) is 0 Å². The fraction of sp³-hybridized carbons (Fsp3) is 0.522. The lowest BCUT2D eigenvalue weighted by molar-refractivity contribution is -0.131. The van der Waals surface area contributed by atoms with Crippen LogP contribution in [0.4, 0.5) is 5.82 Å². The molecule has 0 aliphatic carbocycles. The summed E-state index contributed by atoms with van der Waals surface area (Å²) >= 11 is 0. The summed E-state index contributed by atoms with van der Waals surface area (Å²) in [4.78, 5) is 25.6. The van der Waals surface area contributed by atoms with E-state index in [1.807, 2.05) is 24.8 Å². The fourth-order valence-corrected chi connectivity index (χ4v) is 3.80. The Morgan fingerprint density at radius 3 is 2.55 bits per heavy atom. The van der Waals surface area contributed by atoms with E-state index in [4.69, 9.17) is 4.74 Å². The van der Waals surface area contributed by atoms with E-state index in [1.165, 1.54) is 5.56 Å². The molecule has 1 aliphatic rings. The standard InChI is InChI=1S/C23H32N4O2/c1-5-29-21-10-9-20(15-17(21)2)7-6-8-22(28)26-11-13-27(14-12-26)23-18(3)19(4)24-16-25-23/h9-10,15-16H,5-8,11-14H2,1-4H3. The first-order valence-electron chi connectivity index (χ1n) is 10.5. The number of aromatic nitrogens is 2. The number of anilines is 1. The van der Waals surface area contributed by atoms with Crippen molar-refractivity contribution in [2.75, 3.05) is 37.7 Å². The first kappa shape index (κ1) is 21.1. The number of nitrogens with zero attached hydrogens (tertiary/aromatic N) is 4. The molecule has 0 saturated carbocycles. The molecule has 0 unspecified atom stereocenters. The van der Waals surface area contributed by atoms with Crippen LogP contribution in [0.3, 0.4) is 0 Å². The number of aryl methyl sites for hydroxylation is 3. The van der Waals surface area contributed by atoms with Crippen LogP contribution in [0.1, 0.15) is 42.1 Å². The summed E-state index contributed by atoms with van der Waals surface area (Å²) in [6, 6.07) is 6.31. The van der Waals surface area contributed by atoms with E-state index in [0.717, 1.165) is 67.4 Å². The molecule has 6 heteroatoms. The molecule has 0 N–H and O–H groups in total. The molecule has 1 saturated heterocycles. The monoisotopic (exact) mass is 396 g/mol. The third-order valence-electron chi connectivity index (χ3n) is 5.64. The number of carbonyl (C=O) groups excluding carboxylic acids is 1. The minimum atomic E-state index is 0.253. The summed E-state index contributed by atoms with van der Waals surface area (Å²) in [5.41, 5.74) is 4.55. The van der Waals surface area contributed by atoms with Crippen LogP contribution < -0.4 is 9.64 Å². The lowest BCUT2D eigenvalue weighted by atomic mass is 10.0. The molecule has 3 rings (SSSR count). The minimum Gasteiger partial charge on any atom is -0.494 e. The van der Waals surface area contributed by atoms with E-state index in [9.17, 15) is 4.79 Å². The summed E-state index contributed by atoms with van der Waals surface area (Å²) in [6.45, 7) is 12.0. The van der Waals surface area contributed by atoms with Crippen molar-refractivity contribution in [2.45, 2.75) is 47.0 Å². The number of hydrogen-bond donors (Lipinski definition) is 0. The molecular formula is C23H32N4O2. The van der Waals surface area contributed by atoms with Crippen LogP contribution in [0.2, 0.25) is 0 Å². The SMILES string of the molecule is CCOc1ccc(CCCC(=O)N2CCN(c3ncnc(C)c3C)CC2)cc1C. The van der Waals surface area contributed by atoms with Gasteiger partial charge in [-0.1, -0.05) is 12.1 Å². The van der Waals surface area contributed by atoms with Gasteiger partial charge in [-0.25, -0.2) is 9.97 Å². The van der Waals surface area contributed by atoms with Gasteiger partial charge >= 0.3 is 0 Å². The molecular weight excluding hydrogens is 364 g/mol. The molecule has 1 amide bonds. The van der Waals surface area contributed by atoms with Gasteiger partial charge in [0.2, 0.25) is 5.91 Å². The highest BCUT2D eigenvalue weighted by Crippen LogP contribution is 2.21. The van der Waals surface area contributed by atoms with Gasteiger partial charge in [0.25, 0.3) is 0 Å². The first-order valence-corrected chi connectivity index (χ1v) is 10.5. The normalized spacial score (nSPS) is 14.2. The Morgan fingerprint density at radius 2 is 1.86 bits per heavy atom. The molecule has 2 aromatic rings. The van der Waals surface area contributed by atoms with Gasteiger partial charge in [0.1, 0.15) is 17.9 Å². The first-order chi connectivity index (χ1) is 14.0. The van der Waals surface area contributed by atoms with Crippen LogP contribution in [0, 0.1) is 20.8 Å². The van der Waals surface area contributed by atoms with E-state index in [1.54, 1.807) is 6.33 Å². The molecule has 0 atom stereocenters. The van der Waals surface area contributed by atoms with Crippen molar-refractivity contribution in [3.05, 3.63) is 46.9 Å². The Labute approximate surface area is 173 Å². The quantitative estimate of drug-likeness (QED) is 0.717. The molecule has 0 radical (unpaired) electrons. The van der Waals surface area contributed by atoms with Crippen LogP contribution in [0.25, 0.3) is 0 Å². The molecule has 1 aromatic carbocycles. The topological polar surface area (TPSA) is 58.6 Å². The highest BCUT2D eigenvalue weighted by molar-refractivity contribution is 5.76. The maximum Gasteiger partial charge on any atom is 0.222 e. The Hall–Kier alpha value is -2.63. The maximum atomic E-state index is 12.6. The smallest absolute Gasteiger partial charge is 0.222 e. The van der Waals surface area contributed by atoms with E-state index in [0.29, 0.717) is 13.0 Å². The van der Waals surface area contributed by atoms with E-state index < -0.39 is 0 Å². The van der Waals surface area contributed by atoms with E-state index in [-0.39, 0.29) is 5.91 Å². The van der Waals surface area contributed by atoms with Gasteiger partial charge in [-0.2, -0.15) is 0 Å². The van der Waals surface area contributed by atoms with E-state index >= 15 is 0 Å². The van der Waals surface area contributed by atoms with Crippen molar-refractivity contribution in [1.29, 1.82) is 0 Å². The number of ether oxygens (including phenoxy) is 1. The van der Waals surface area contributed by atoms with Crippen LogP contribution in [0.5, 0.6) is 5.75 Å². The van der Waals surface area contributed by atoms with Crippen LogP contribution in [-0.2, 0) is 11.2 Å². The molecule has 0 bridgehead atoms. The Kier molecular flexibility index (Phi) is 7.07. The van der Waals surface area contributed by atoms with Gasteiger partial charge in [0.15, 0.2) is 0 Å². The minimum absolute atomic E-state index is 0.253. The predicted octanol–water partition coefficient (Wildman–Crippen LogP) is 3.47. The van der Waals surface area contributed by atoms with Crippen LogP contribution in [0.15, 0.2) is 24.5 Å². The molecule has 0 spiro atoms. The highest BCUT2D eigenvalue weighted by atomic mass is 16.5. The Balaban J connectivity index is 1.45. The number of piperazine rings is 1. The average Bonchev–Trinajstić information content (AvgIpc) is 2.72. The zero-order valence-corrected chi connectivity index (χ0v) is 18.1. The fourth-order valence-electron chi connectivity index (χ4n) is 3.80. The largest absolute Gasteiger partial charge is 0.494 e. The second-order valence-corrected chi connectivity index (χ2v) is 7.66. The van der Waals surface area contributed by atoms with Crippen molar-refractivity contribution >= 4 is 11.7 Å². The van der Waals surface area contributed by atoms with Crippen LogP contribution >= 0.6 is 0 Å². The summed E-state index contributed by atoms with van der Waals surface area (Å²) < 4.78 is 5.60. The van der Waals surface area contributed by atoms with Crippen molar-refractivity contribution < 1.29 is 9.53 Å². The van der Waals surface area contributed by atoms with Gasteiger partial charge in [0.05, 0.1) is 6.61 Å². The number of hydrogen-bond acceptors (Lipinski definition) is 5. The zero-order chi connectivity index (χ0) is 20.8. The second kappa shape index (κ2) is 9.72. The predicted molar refractivity (Wildman–Crippen MR) is 116 cm³/mol. The number of rotatable bonds is 7. The van der Waals surface area contributed by atoms with E-state index in [2.05, 4.69) is 40.8 Å². The summed E-state index contributed by atoms with van der Waals surface area (Å²) in [5.74, 6) is 2.19. The molecule has 1 aromatic heterocycles. The molecule has 2 heterocycles. The average molecular weight is 397 g/mol. The molecule has 29 heavy (non-hydrogen) atoms. The van der Waals surface area contributed by atoms with Gasteiger partial charge in [-0.05, 0) is 57.7 Å². The van der Waals surface area contributed by atoms with Gasteiger partial charge in [0, 0.05) is 43.9 Å². The highest BCUT2D eigenvalue weighted by Gasteiger charge is 2.23. The van der Waals surface area contributed by atoms with Gasteiger partial charge in [-0.3, -0.25) is 4.79 Å². The third-order valence-corrected chi connectivity index (χ3v) is 5.64.